The fraction of sp³-hybridized carbons (Fsp3) is 0.375. The lowest BCUT2D eigenvalue weighted by Gasteiger charge is -2.35. The van der Waals surface area contributed by atoms with Crippen molar-refractivity contribution in [3.8, 4) is 0 Å². The molecule has 1 fully saturated rings. The van der Waals surface area contributed by atoms with Gasteiger partial charge in [-0.25, -0.2) is 4.39 Å². The molecule has 1 aromatic carbocycles. The number of piperazine rings is 1. The first-order valence-electron chi connectivity index (χ1n) is 7.32. The molecule has 24 heavy (non-hydrogen) atoms. The molecule has 0 amide bonds. The van der Waals surface area contributed by atoms with Gasteiger partial charge in [0.2, 0.25) is 0 Å². The second kappa shape index (κ2) is 7.55. The number of rotatable bonds is 3. The number of halogens is 5. The molecule has 1 N–H and O–H groups in total. The summed E-state index contributed by atoms with van der Waals surface area (Å²) in [7, 11) is 0. The molecule has 1 aliphatic rings. The van der Waals surface area contributed by atoms with Gasteiger partial charge in [0.15, 0.2) is 0 Å². The van der Waals surface area contributed by atoms with E-state index in [2.05, 4.69) is 5.32 Å². The molecule has 1 aromatic heterocycles. The number of alkyl halides is 3. The summed E-state index contributed by atoms with van der Waals surface area (Å²) in [6.45, 7) is 2.29. The van der Waals surface area contributed by atoms with E-state index < -0.39 is 23.6 Å². The summed E-state index contributed by atoms with van der Waals surface area (Å²) >= 11 is 0. The molecule has 0 bridgehead atoms. The molecule has 1 aliphatic heterocycles. The Morgan fingerprint density at radius 3 is 2.38 bits per heavy atom. The number of benzene rings is 1. The highest BCUT2D eigenvalue weighted by Gasteiger charge is 2.39. The fourth-order valence-electron chi connectivity index (χ4n) is 2.95. The summed E-state index contributed by atoms with van der Waals surface area (Å²) in [6, 6.07) is 5.33. The van der Waals surface area contributed by atoms with Crippen LogP contribution in [-0.2, 0) is 6.18 Å². The molecule has 2 heterocycles. The molecule has 1 saturated heterocycles. The monoisotopic (exact) mass is 364 g/mol. The minimum absolute atomic E-state index is 0. The molecule has 3 rings (SSSR count). The SMILES string of the molecule is Cl.Fc1cccc(C(F)(F)F)c1[C@@H](c1ccco1)N1CCNCC1. The van der Waals surface area contributed by atoms with Gasteiger partial charge in [-0.1, -0.05) is 6.07 Å². The van der Waals surface area contributed by atoms with Gasteiger partial charge in [0, 0.05) is 31.7 Å². The Bertz CT molecular complexity index is 655. The largest absolute Gasteiger partial charge is 0.467 e. The molecule has 0 radical (unpaired) electrons. The maximum Gasteiger partial charge on any atom is 0.416 e. The molecule has 0 saturated carbocycles. The summed E-state index contributed by atoms with van der Waals surface area (Å²) in [4.78, 5) is 1.81. The van der Waals surface area contributed by atoms with Crippen molar-refractivity contribution >= 4 is 12.4 Å². The van der Waals surface area contributed by atoms with Crippen molar-refractivity contribution in [2.45, 2.75) is 12.2 Å². The summed E-state index contributed by atoms with van der Waals surface area (Å²) in [5.41, 5.74) is -1.34. The highest BCUT2D eigenvalue weighted by atomic mass is 35.5. The number of furan rings is 1. The fourth-order valence-corrected chi connectivity index (χ4v) is 2.95. The maximum atomic E-state index is 14.4. The van der Waals surface area contributed by atoms with Gasteiger partial charge < -0.3 is 9.73 Å². The van der Waals surface area contributed by atoms with E-state index in [9.17, 15) is 17.6 Å². The molecule has 0 spiro atoms. The van der Waals surface area contributed by atoms with Crippen LogP contribution in [-0.4, -0.2) is 31.1 Å². The summed E-state index contributed by atoms with van der Waals surface area (Å²) in [6.07, 6.45) is -3.24. The van der Waals surface area contributed by atoms with E-state index in [0.29, 0.717) is 31.9 Å². The molecule has 8 heteroatoms. The zero-order chi connectivity index (χ0) is 16.4. The van der Waals surface area contributed by atoms with Crippen LogP contribution in [0.15, 0.2) is 41.0 Å². The van der Waals surface area contributed by atoms with Crippen LogP contribution in [0.3, 0.4) is 0 Å². The number of nitrogens with one attached hydrogen (secondary N) is 1. The third kappa shape index (κ3) is 3.74. The summed E-state index contributed by atoms with van der Waals surface area (Å²) in [5, 5.41) is 3.14. The van der Waals surface area contributed by atoms with Gasteiger partial charge in [0.25, 0.3) is 0 Å². The van der Waals surface area contributed by atoms with E-state index >= 15 is 0 Å². The molecule has 2 aromatic rings. The minimum atomic E-state index is -4.63. The van der Waals surface area contributed by atoms with Crippen molar-refractivity contribution in [1.82, 2.24) is 10.2 Å². The van der Waals surface area contributed by atoms with Crippen LogP contribution in [0.5, 0.6) is 0 Å². The van der Waals surface area contributed by atoms with Gasteiger partial charge in [-0.2, -0.15) is 13.2 Å². The average Bonchev–Trinajstić information content (AvgIpc) is 3.03. The van der Waals surface area contributed by atoms with Gasteiger partial charge >= 0.3 is 6.18 Å². The zero-order valence-corrected chi connectivity index (χ0v) is 13.5. The second-order valence-electron chi connectivity index (χ2n) is 5.40. The quantitative estimate of drug-likeness (QED) is 0.838. The van der Waals surface area contributed by atoms with E-state index in [-0.39, 0.29) is 18.0 Å². The third-order valence-electron chi connectivity index (χ3n) is 3.96. The van der Waals surface area contributed by atoms with Gasteiger partial charge in [-0.15, -0.1) is 12.4 Å². The van der Waals surface area contributed by atoms with Gasteiger partial charge in [-0.05, 0) is 24.3 Å². The van der Waals surface area contributed by atoms with Crippen molar-refractivity contribution in [1.29, 1.82) is 0 Å². The highest BCUT2D eigenvalue weighted by molar-refractivity contribution is 5.85. The van der Waals surface area contributed by atoms with Crippen molar-refractivity contribution in [3.63, 3.8) is 0 Å². The minimum Gasteiger partial charge on any atom is -0.467 e. The van der Waals surface area contributed by atoms with Crippen LogP contribution in [0.2, 0.25) is 0 Å². The first-order chi connectivity index (χ1) is 11.0. The normalized spacial score (nSPS) is 17.3. The van der Waals surface area contributed by atoms with E-state index in [0.717, 1.165) is 18.2 Å². The third-order valence-corrected chi connectivity index (χ3v) is 3.96. The van der Waals surface area contributed by atoms with Crippen LogP contribution in [0.1, 0.15) is 22.9 Å². The van der Waals surface area contributed by atoms with Crippen LogP contribution in [0.4, 0.5) is 17.6 Å². The van der Waals surface area contributed by atoms with Gasteiger partial charge in [0.05, 0.1) is 17.9 Å². The lowest BCUT2D eigenvalue weighted by molar-refractivity contribution is -0.139. The van der Waals surface area contributed by atoms with Crippen molar-refractivity contribution in [2.75, 3.05) is 26.2 Å². The van der Waals surface area contributed by atoms with Gasteiger partial charge in [-0.3, -0.25) is 4.90 Å². The average molecular weight is 365 g/mol. The zero-order valence-electron chi connectivity index (χ0n) is 12.6. The molecule has 0 aliphatic carbocycles. The Balaban J connectivity index is 0.00000208. The molecule has 3 nitrogen and oxygen atoms in total. The van der Waals surface area contributed by atoms with Crippen molar-refractivity contribution in [2.24, 2.45) is 0 Å². The van der Waals surface area contributed by atoms with Gasteiger partial charge in [0.1, 0.15) is 11.6 Å². The lowest BCUT2D eigenvalue weighted by Crippen LogP contribution is -2.46. The van der Waals surface area contributed by atoms with E-state index in [4.69, 9.17) is 4.42 Å². The molecule has 0 unspecified atom stereocenters. The number of hydrogen-bond donors (Lipinski definition) is 1. The Hall–Kier alpha value is -1.57. The standard InChI is InChI=1S/C16H16F4N2O.ClH/c17-12-4-1-3-11(16(18,19)20)14(12)15(13-5-2-10-23-13)22-8-6-21-7-9-22;/h1-5,10,15,21H,6-9H2;1H/t15-;/m1./s1. The predicted octanol–water partition coefficient (Wildman–Crippen LogP) is 3.85. The first kappa shape index (κ1) is 18.8. The molecule has 132 valence electrons. The molecule has 1 atom stereocenters. The summed E-state index contributed by atoms with van der Waals surface area (Å²) in [5.74, 6) is -0.567. The van der Waals surface area contributed by atoms with Crippen LogP contribution < -0.4 is 5.32 Å². The smallest absolute Gasteiger partial charge is 0.416 e. The highest BCUT2D eigenvalue weighted by Crippen LogP contribution is 2.40. The number of nitrogens with zero attached hydrogens (tertiary/aromatic N) is 1. The topological polar surface area (TPSA) is 28.4 Å². The first-order valence-corrected chi connectivity index (χ1v) is 7.32. The van der Waals surface area contributed by atoms with Crippen molar-refractivity contribution < 1.29 is 22.0 Å². The maximum absolute atomic E-state index is 14.4. The molecular formula is C16H17ClF4N2O. The Kier molecular flexibility index (Phi) is 5.90. The molecular weight excluding hydrogens is 348 g/mol. The summed E-state index contributed by atoms with van der Waals surface area (Å²) < 4.78 is 59.8. The predicted molar refractivity (Wildman–Crippen MR) is 83.6 cm³/mol. The Labute approximate surface area is 143 Å². The van der Waals surface area contributed by atoms with Crippen molar-refractivity contribution in [3.05, 3.63) is 59.3 Å². The van der Waals surface area contributed by atoms with E-state index in [1.807, 2.05) is 4.90 Å². The Morgan fingerprint density at radius 2 is 1.79 bits per heavy atom. The van der Waals surface area contributed by atoms with E-state index in [1.54, 1.807) is 12.1 Å². The second-order valence-corrected chi connectivity index (χ2v) is 5.40. The van der Waals surface area contributed by atoms with Crippen LogP contribution in [0.25, 0.3) is 0 Å². The van der Waals surface area contributed by atoms with Crippen LogP contribution >= 0.6 is 12.4 Å². The van der Waals surface area contributed by atoms with E-state index in [1.165, 1.54) is 6.26 Å². The lowest BCUT2D eigenvalue weighted by atomic mass is 9.95. The Morgan fingerprint density at radius 1 is 1.08 bits per heavy atom. The number of hydrogen-bond acceptors (Lipinski definition) is 3. The van der Waals surface area contributed by atoms with Crippen LogP contribution in [0, 0.1) is 5.82 Å².